The van der Waals surface area contributed by atoms with Gasteiger partial charge in [-0.05, 0) is 38.9 Å². The second-order valence-electron chi connectivity index (χ2n) is 5.21. The van der Waals surface area contributed by atoms with Crippen LogP contribution in [0.2, 0.25) is 0 Å². The molecule has 5 heteroatoms. The third-order valence-electron chi connectivity index (χ3n) is 3.73. The third kappa shape index (κ3) is 2.31. The summed E-state index contributed by atoms with van der Waals surface area (Å²) < 4.78 is 1.81. The van der Waals surface area contributed by atoms with Gasteiger partial charge in [-0.25, -0.2) is 9.50 Å². The lowest BCUT2D eigenvalue weighted by atomic mass is 9.94. The molecule has 3 heterocycles. The first-order chi connectivity index (χ1) is 8.70. The number of aromatic amines is 1. The van der Waals surface area contributed by atoms with Gasteiger partial charge in [0.1, 0.15) is 5.82 Å². The minimum absolute atomic E-state index is 0.00680. The first kappa shape index (κ1) is 11.5. The predicted octanol–water partition coefficient (Wildman–Crippen LogP) is 0.907. The number of H-pyrrole nitrogens is 1. The highest BCUT2D eigenvalue weighted by atomic mass is 16.1. The summed E-state index contributed by atoms with van der Waals surface area (Å²) in [6, 6.07) is 3.11. The number of nitrogens with one attached hydrogen (secondary N) is 1. The van der Waals surface area contributed by atoms with Crippen molar-refractivity contribution in [1.29, 1.82) is 0 Å². The van der Waals surface area contributed by atoms with Crippen LogP contribution in [0, 0.1) is 5.92 Å². The summed E-state index contributed by atoms with van der Waals surface area (Å²) in [6.07, 6.45) is 5.17. The molecule has 0 spiro atoms. The lowest BCUT2D eigenvalue weighted by Crippen LogP contribution is -2.31. The van der Waals surface area contributed by atoms with Crippen molar-refractivity contribution >= 4 is 5.65 Å². The van der Waals surface area contributed by atoms with Gasteiger partial charge in [0.15, 0.2) is 11.1 Å². The van der Waals surface area contributed by atoms with Gasteiger partial charge < -0.3 is 4.90 Å². The largest absolute Gasteiger partial charge is 0.306 e. The maximum absolute atomic E-state index is 11.2. The van der Waals surface area contributed by atoms with Crippen molar-refractivity contribution < 1.29 is 0 Å². The quantitative estimate of drug-likeness (QED) is 0.857. The van der Waals surface area contributed by atoms with E-state index in [2.05, 4.69) is 22.0 Å². The maximum atomic E-state index is 11.2. The summed E-state index contributed by atoms with van der Waals surface area (Å²) in [5.74, 6) is 1.68. The van der Waals surface area contributed by atoms with Crippen LogP contribution in [0.1, 0.15) is 18.7 Å². The van der Waals surface area contributed by atoms with E-state index in [1.54, 1.807) is 18.3 Å². The molecule has 0 unspecified atom stereocenters. The summed E-state index contributed by atoms with van der Waals surface area (Å²) in [4.78, 5) is 18.1. The highest BCUT2D eigenvalue weighted by Crippen LogP contribution is 2.19. The molecule has 0 aliphatic carbocycles. The third-order valence-corrected chi connectivity index (χ3v) is 3.73. The van der Waals surface area contributed by atoms with Crippen LogP contribution in [-0.2, 0) is 6.42 Å². The Balaban J connectivity index is 1.76. The molecule has 1 aliphatic heterocycles. The lowest BCUT2D eigenvalue weighted by Gasteiger charge is -2.28. The summed E-state index contributed by atoms with van der Waals surface area (Å²) in [5.41, 5.74) is 0.720. The van der Waals surface area contributed by atoms with Crippen molar-refractivity contribution in [2.75, 3.05) is 20.1 Å². The fraction of sp³-hybridized carbons (Fsp3) is 0.538. The van der Waals surface area contributed by atoms with E-state index >= 15 is 0 Å². The van der Waals surface area contributed by atoms with Gasteiger partial charge in [0, 0.05) is 24.8 Å². The van der Waals surface area contributed by atoms with Gasteiger partial charge in [-0.2, -0.15) is 0 Å². The normalized spacial score (nSPS) is 18.5. The molecule has 1 saturated heterocycles. The first-order valence-corrected chi connectivity index (χ1v) is 6.46. The molecular weight excluding hydrogens is 228 g/mol. The van der Waals surface area contributed by atoms with Crippen molar-refractivity contribution in [1.82, 2.24) is 19.5 Å². The number of hydrogen-bond donors (Lipinski definition) is 1. The number of fused-ring (bicyclic) bond motifs is 1. The smallest absolute Gasteiger partial charge is 0.183 e. The molecule has 1 N–H and O–H groups in total. The molecule has 0 aromatic carbocycles. The first-order valence-electron chi connectivity index (χ1n) is 6.46. The zero-order valence-corrected chi connectivity index (χ0v) is 10.6. The van der Waals surface area contributed by atoms with Crippen LogP contribution in [0.25, 0.3) is 5.65 Å². The van der Waals surface area contributed by atoms with Gasteiger partial charge in [-0.3, -0.25) is 9.89 Å². The molecule has 1 aliphatic rings. The van der Waals surface area contributed by atoms with Gasteiger partial charge in [-0.1, -0.05) is 0 Å². The molecule has 2 aromatic heterocycles. The molecule has 0 saturated carbocycles. The molecular formula is C13H18N4O. The van der Waals surface area contributed by atoms with Crippen molar-refractivity contribution in [2.45, 2.75) is 19.3 Å². The van der Waals surface area contributed by atoms with E-state index in [4.69, 9.17) is 0 Å². The SMILES string of the molecule is CN1CCC(Cc2nc3cc(=O)ccn3[nH]2)CC1. The Morgan fingerprint density at radius 3 is 3.00 bits per heavy atom. The van der Waals surface area contributed by atoms with Crippen LogP contribution in [0.15, 0.2) is 23.1 Å². The Hall–Kier alpha value is -1.62. The highest BCUT2D eigenvalue weighted by Gasteiger charge is 2.18. The Bertz CT molecular complexity index is 592. The minimum Gasteiger partial charge on any atom is -0.306 e. The average Bonchev–Trinajstić information content (AvgIpc) is 2.73. The topological polar surface area (TPSA) is 53.4 Å². The molecule has 0 atom stereocenters. The van der Waals surface area contributed by atoms with E-state index in [0.717, 1.165) is 12.2 Å². The average molecular weight is 246 g/mol. The van der Waals surface area contributed by atoms with E-state index < -0.39 is 0 Å². The van der Waals surface area contributed by atoms with Gasteiger partial charge in [0.25, 0.3) is 0 Å². The number of rotatable bonds is 2. The Morgan fingerprint density at radius 1 is 1.44 bits per heavy atom. The second-order valence-corrected chi connectivity index (χ2v) is 5.21. The zero-order chi connectivity index (χ0) is 12.5. The molecule has 96 valence electrons. The van der Waals surface area contributed by atoms with Crippen molar-refractivity contribution in [2.24, 2.45) is 5.92 Å². The standard InChI is InChI=1S/C13H18N4O/c1-16-5-2-10(3-6-16)8-12-14-13-9-11(18)4-7-17(13)15-12/h4,7,9-10H,2-3,5-6,8H2,1H3,(H,14,15). The van der Waals surface area contributed by atoms with E-state index in [9.17, 15) is 4.79 Å². The summed E-state index contributed by atoms with van der Waals surface area (Å²) in [6.45, 7) is 2.34. The van der Waals surface area contributed by atoms with Crippen LogP contribution in [0.4, 0.5) is 0 Å². The van der Waals surface area contributed by atoms with Gasteiger partial charge in [0.05, 0.1) is 0 Å². The number of hydrogen-bond acceptors (Lipinski definition) is 3. The number of nitrogens with zero attached hydrogens (tertiary/aromatic N) is 3. The Morgan fingerprint density at radius 2 is 2.22 bits per heavy atom. The number of aromatic nitrogens is 3. The van der Waals surface area contributed by atoms with Gasteiger partial charge >= 0.3 is 0 Å². The molecule has 5 nitrogen and oxygen atoms in total. The van der Waals surface area contributed by atoms with Gasteiger partial charge in [-0.15, -0.1) is 0 Å². The number of pyridine rings is 1. The number of likely N-dealkylation sites (tertiary alicyclic amines) is 1. The fourth-order valence-corrected chi connectivity index (χ4v) is 2.58. The Labute approximate surface area is 105 Å². The van der Waals surface area contributed by atoms with Crippen molar-refractivity contribution in [3.05, 3.63) is 34.4 Å². The highest BCUT2D eigenvalue weighted by molar-refractivity contribution is 5.36. The van der Waals surface area contributed by atoms with Crippen molar-refractivity contribution in [3.63, 3.8) is 0 Å². The molecule has 18 heavy (non-hydrogen) atoms. The summed E-state index contributed by atoms with van der Waals surface area (Å²) in [7, 11) is 2.17. The van der Waals surface area contributed by atoms with Crippen molar-refractivity contribution in [3.8, 4) is 0 Å². The van der Waals surface area contributed by atoms with E-state index in [1.165, 1.54) is 25.9 Å². The number of piperidine rings is 1. The molecule has 2 aromatic rings. The van der Waals surface area contributed by atoms with E-state index in [0.29, 0.717) is 11.6 Å². The molecule has 0 radical (unpaired) electrons. The van der Waals surface area contributed by atoms with Crippen LogP contribution in [0.5, 0.6) is 0 Å². The summed E-state index contributed by atoms with van der Waals surface area (Å²) in [5, 5.41) is 3.23. The fourth-order valence-electron chi connectivity index (χ4n) is 2.58. The molecule has 0 amide bonds. The molecule has 0 bridgehead atoms. The van der Waals surface area contributed by atoms with Gasteiger partial charge in [0.2, 0.25) is 0 Å². The monoisotopic (exact) mass is 246 g/mol. The van der Waals surface area contributed by atoms with Crippen LogP contribution in [0.3, 0.4) is 0 Å². The van der Waals surface area contributed by atoms with Crippen LogP contribution >= 0.6 is 0 Å². The molecule has 1 fully saturated rings. The van der Waals surface area contributed by atoms with Crippen LogP contribution < -0.4 is 5.43 Å². The maximum Gasteiger partial charge on any atom is 0.183 e. The van der Waals surface area contributed by atoms with E-state index in [-0.39, 0.29) is 5.43 Å². The molecule has 3 rings (SSSR count). The van der Waals surface area contributed by atoms with E-state index in [1.807, 2.05) is 4.52 Å². The second kappa shape index (κ2) is 4.57. The predicted molar refractivity (Wildman–Crippen MR) is 69.7 cm³/mol. The van der Waals surface area contributed by atoms with Crippen LogP contribution in [-0.4, -0.2) is 39.6 Å². The lowest BCUT2D eigenvalue weighted by molar-refractivity contribution is 0.217. The summed E-state index contributed by atoms with van der Waals surface area (Å²) >= 11 is 0. The Kier molecular flexibility index (Phi) is 2.91. The minimum atomic E-state index is 0.00680. The zero-order valence-electron chi connectivity index (χ0n) is 10.6.